The van der Waals surface area contributed by atoms with Crippen LogP contribution in [0.5, 0.6) is 5.75 Å². The highest BCUT2D eigenvalue weighted by atomic mass is 16.5. The highest BCUT2D eigenvalue weighted by molar-refractivity contribution is 6.00. The van der Waals surface area contributed by atoms with Crippen molar-refractivity contribution in [1.29, 1.82) is 5.26 Å². The fourth-order valence-corrected chi connectivity index (χ4v) is 3.58. The first kappa shape index (κ1) is 16.1. The highest BCUT2D eigenvalue weighted by Crippen LogP contribution is 2.46. The minimum atomic E-state index is -0.447. The van der Waals surface area contributed by atoms with Crippen LogP contribution in [0.2, 0.25) is 0 Å². The standard InChI is InChI=1S/C19H21N3O2/c1-3-24-16-10-5-4-7-12(16)17-13(11-20)19(21)22(2)14-8-6-9-15(23)18(14)17/h4-5,7,10,17H,3,6,8-9,21H2,1-2H3/t17-/m0/s1. The van der Waals surface area contributed by atoms with Crippen LogP contribution >= 0.6 is 0 Å². The molecule has 1 atom stereocenters. The van der Waals surface area contributed by atoms with Gasteiger partial charge in [0.15, 0.2) is 5.78 Å². The topological polar surface area (TPSA) is 79.3 Å². The molecule has 0 radical (unpaired) electrons. The summed E-state index contributed by atoms with van der Waals surface area (Å²) in [5.41, 5.74) is 9.10. The van der Waals surface area contributed by atoms with Gasteiger partial charge < -0.3 is 15.4 Å². The van der Waals surface area contributed by atoms with Crippen LogP contribution in [0.3, 0.4) is 0 Å². The maximum absolute atomic E-state index is 12.7. The van der Waals surface area contributed by atoms with E-state index in [0.29, 0.717) is 35.7 Å². The predicted molar refractivity (Wildman–Crippen MR) is 90.8 cm³/mol. The van der Waals surface area contributed by atoms with E-state index in [1.807, 2.05) is 38.2 Å². The van der Waals surface area contributed by atoms with Gasteiger partial charge in [-0.05, 0) is 25.8 Å². The number of allylic oxidation sites excluding steroid dienone is 3. The summed E-state index contributed by atoms with van der Waals surface area (Å²) in [5, 5.41) is 9.72. The van der Waals surface area contributed by atoms with Crippen LogP contribution in [0, 0.1) is 11.3 Å². The molecule has 0 amide bonds. The number of rotatable bonds is 3. The van der Waals surface area contributed by atoms with Gasteiger partial charge in [0.25, 0.3) is 0 Å². The van der Waals surface area contributed by atoms with Gasteiger partial charge in [-0.2, -0.15) is 5.26 Å². The van der Waals surface area contributed by atoms with Crippen molar-refractivity contribution in [1.82, 2.24) is 4.90 Å². The van der Waals surface area contributed by atoms with Crippen LogP contribution < -0.4 is 10.5 Å². The summed E-state index contributed by atoms with van der Waals surface area (Å²) in [7, 11) is 1.82. The van der Waals surface area contributed by atoms with Gasteiger partial charge in [-0.15, -0.1) is 0 Å². The Morgan fingerprint density at radius 3 is 2.83 bits per heavy atom. The van der Waals surface area contributed by atoms with Crippen molar-refractivity contribution in [3.63, 3.8) is 0 Å². The molecule has 5 heteroatoms. The second-order valence-electron chi connectivity index (χ2n) is 6.01. The summed E-state index contributed by atoms with van der Waals surface area (Å²) in [6, 6.07) is 9.80. The van der Waals surface area contributed by atoms with Crippen LogP contribution in [0.15, 0.2) is 46.9 Å². The summed E-state index contributed by atoms with van der Waals surface area (Å²) >= 11 is 0. The number of carbonyl (C=O) groups is 1. The molecule has 3 rings (SSSR count). The lowest BCUT2D eigenvalue weighted by Crippen LogP contribution is -2.36. The molecule has 0 saturated heterocycles. The molecule has 1 aromatic rings. The predicted octanol–water partition coefficient (Wildman–Crippen LogP) is 2.82. The summed E-state index contributed by atoms with van der Waals surface area (Å²) in [6.07, 6.45) is 2.12. The van der Waals surface area contributed by atoms with Gasteiger partial charge in [0.05, 0.1) is 24.2 Å². The second kappa shape index (κ2) is 6.40. The van der Waals surface area contributed by atoms with E-state index in [0.717, 1.165) is 24.1 Å². The highest BCUT2D eigenvalue weighted by Gasteiger charge is 2.39. The number of nitrogens with zero attached hydrogens (tertiary/aromatic N) is 2. The van der Waals surface area contributed by atoms with Crippen LogP contribution in [-0.2, 0) is 4.79 Å². The number of hydrogen-bond acceptors (Lipinski definition) is 5. The third-order valence-electron chi connectivity index (χ3n) is 4.70. The zero-order valence-corrected chi connectivity index (χ0v) is 14.0. The lowest BCUT2D eigenvalue weighted by molar-refractivity contribution is -0.116. The number of hydrogen-bond donors (Lipinski definition) is 1. The quantitative estimate of drug-likeness (QED) is 0.925. The molecule has 0 saturated carbocycles. The van der Waals surface area contributed by atoms with Crippen molar-refractivity contribution in [2.45, 2.75) is 32.1 Å². The van der Waals surface area contributed by atoms with Crippen molar-refractivity contribution in [2.75, 3.05) is 13.7 Å². The molecule has 24 heavy (non-hydrogen) atoms. The minimum absolute atomic E-state index is 0.0969. The van der Waals surface area contributed by atoms with Crippen molar-refractivity contribution in [3.8, 4) is 11.8 Å². The maximum Gasteiger partial charge on any atom is 0.161 e. The molecule has 0 bridgehead atoms. The van der Waals surface area contributed by atoms with Crippen LogP contribution in [0.4, 0.5) is 0 Å². The summed E-state index contributed by atoms with van der Waals surface area (Å²) in [6.45, 7) is 2.43. The van der Waals surface area contributed by atoms with Gasteiger partial charge in [0, 0.05) is 30.3 Å². The first-order chi connectivity index (χ1) is 11.6. The van der Waals surface area contributed by atoms with Gasteiger partial charge in [0.1, 0.15) is 11.6 Å². The molecule has 0 unspecified atom stereocenters. The number of nitriles is 1. The molecule has 5 nitrogen and oxygen atoms in total. The second-order valence-corrected chi connectivity index (χ2v) is 6.01. The minimum Gasteiger partial charge on any atom is -0.494 e. The normalized spacial score (nSPS) is 20.8. The van der Waals surface area contributed by atoms with Gasteiger partial charge >= 0.3 is 0 Å². The van der Waals surface area contributed by atoms with Gasteiger partial charge in [0.2, 0.25) is 0 Å². The molecule has 2 N–H and O–H groups in total. The lowest BCUT2D eigenvalue weighted by atomic mass is 9.75. The van der Waals surface area contributed by atoms with E-state index in [4.69, 9.17) is 10.5 Å². The third-order valence-corrected chi connectivity index (χ3v) is 4.70. The number of Topliss-reactive ketones (excluding diaryl/α,β-unsaturated/α-hetero) is 1. The first-order valence-electron chi connectivity index (χ1n) is 8.21. The zero-order chi connectivity index (χ0) is 17.3. The Bertz CT molecular complexity index is 786. The average molecular weight is 323 g/mol. The molecule has 2 aliphatic rings. The van der Waals surface area contributed by atoms with Gasteiger partial charge in [-0.25, -0.2) is 0 Å². The first-order valence-corrected chi connectivity index (χ1v) is 8.21. The van der Waals surface area contributed by atoms with Crippen molar-refractivity contribution in [2.24, 2.45) is 5.73 Å². The Kier molecular flexibility index (Phi) is 4.30. The van der Waals surface area contributed by atoms with E-state index in [1.54, 1.807) is 4.90 Å². The molecule has 0 fully saturated rings. The smallest absolute Gasteiger partial charge is 0.161 e. The van der Waals surface area contributed by atoms with Crippen LogP contribution in [0.1, 0.15) is 37.7 Å². The number of benzene rings is 1. The number of nitrogens with two attached hydrogens (primary N) is 1. The number of para-hydroxylation sites is 1. The Labute approximate surface area is 142 Å². The number of ketones is 1. The van der Waals surface area contributed by atoms with E-state index in [1.165, 1.54) is 0 Å². The van der Waals surface area contributed by atoms with Crippen LogP contribution in [0.25, 0.3) is 0 Å². The van der Waals surface area contributed by atoms with Crippen molar-refractivity contribution < 1.29 is 9.53 Å². The number of carbonyl (C=O) groups excluding carboxylic acids is 1. The Hall–Kier alpha value is -2.74. The summed E-state index contributed by atoms with van der Waals surface area (Å²) < 4.78 is 5.74. The molecular weight excluding hydrogens is 302 g/mol. The largest absolute Gasteiger partial charge is 0.494 e. The van der Waals surface area contributed by atoms with E-state index in [2.05, 4.69) is 6.07 Å². The maximum atomic E-state index is 12.7. The van der Waals surface area contributed by atoms with Crippen LogP contribution in [-0.4, -0.2) is 24.3 Å². The monoisotopic (exact) mass is 323 g/mol. The summed E-state index contributed by atoms with van der Waals surface area (Å²) in [4.78, 5) is 14.5. The molecule has 0 aromatic heterocycles. The Balaban J connectivity index is 2.24. The Morgan fingerprint density at radius 1 is 1.38 bits per heavy atom. The molecule has 124 valence electrons. The van der Waals surface area contributed by atoms with Crippen molar-refractivity contribution in [3.05, 3.63) is 52.5 Å². The average Bonchev–Trinajstić information content (AvgIpc) is 2.59. The van der Waals surface area contributed by atoms with Crippen molar-refractivity contribution >= 4 is 5.78 Å². The van der Waals surface area contributed by atoms with E-state index in [9.17, 15) is 10.1 Å². The zero-order valence-electron chi connectivity index (χ0n) is 14.0. The third kappa shape index (κ3) is 2.44. The van der Waals surface area contributed by atoms with Gasteiger partial charge in [-0.3, -0.25) is 4.79 Å². The van der Waals surface area contributed by atoms with E-state index < -0.39 is 5.92 Å². The fraction of sp³-hybridized carbons (Fsp3) is 0.368. The summed E-state index contributed by atoms with van der Waals surface area (Å²) in [5.74, 6) is 0.763. The van der Waals surface area contributed by atoms with E-state index in [-0.39, 0.29) is 5.78 Å². The SMILES string of the molecule is CCOc1ccccc1[C@H]1C(C#N)=C(N)N(C)C2=C1C(=O)CCC2. The lowest BCUT2D eigenvalue weighted by Gasteiger charge is -2.38. The molecule has 1 aliphatic carbocycles. The molecular formula is C19H21N3O2. The molecule has 0 spiro atoms. The molecule has 1 aliphatic heterocycles. The Morgan fingerprint density at radius 2 is 2.12 bits per heavy atom. The molecule has 1 aromatic carbocycles. The number of ether oxygens (including phenoxy) is 1. The molecule has 1 heterocycles. The fourth-order valence-electron chi connectivity index (χ4n) is 3.58. The van der Waals surface area contributed by atoms with E-state index >= 15 is 0 Å². The van der Waals surface area contributed by atoms with Gasteiger partial charge in [-0.1, -0.05) is 18.2 Å².